The standard InChI is InChI=1S/C20H21F4N5S/c1-12(2)17-11-28(13-4-5-15(21)18(8-13)30-3)6-7-29(17)19-26-10-14(20(22,23)24)16(9-25)27-19/h4-5,8,10,12,17H,6-7,11H2,1-3H3. The van der Waals surface area contributed by atoms with Crippen molar-refractivity contribution in [2.45, 2.75) is 31.0 Å². The first-order valence-electron chi connectivity index (χ1n) is 9.35. The van der Waals surface area contributed by atoms with Crippen LogP contribution >= 0.6 is 11.8 Å². The summed E-state index contributed by atoms with van der Waals surface area (Å²) in [7, 11) is 0. The van der Waals surface area contributed by atoms with Gasteiger partial charge < -0.3 is 9.80 Å². The zero-order chi connectivity index (χ0) is 22.1. The number of nitrogens with zero attached hydrogens (tertiary/aromatic N) is 5. The molecule has 1 unspecified atom stereocenters. The zero-order valence-electron chi connectivity index (χ0n) is 16.7. The number of anilines is 2. The van der Waals surface area contributed by atoms with Gasteiger partial charge >= 0.3 is 6.18 Å². The van der Waals surface area contributed by atoms with Crippen molar-refractivity contribution in [1.82, 2.24) is 9.97 Å². The van der Waals surface area contributed by atoms with Crippen LogP contribution in [0, 0.1) is 23.1 Å². The second-order valence-corrected chi connectivity index (χ2v) is 8.16. The van der Waals surface area contributed by atoms with Gasteiger partial charge in [-0.2, -0.15) is 18.4 Å². The number of aromatic nitrogens is 2. The van der Waals surface area contributed by atoms with Gasteiger partial charge in [0.2, 0.25) is 5.95 Å². The molecule has 0 saturated carbocycles. The zero-order valence-corrected chi connectivity index (χ0v) is 17.6. The topological polar surface area (TPSA) is 56.0 Å². The molecule has 1 fully saturated rings. The molecule has 30 heavy (non-hydrogen) atoms. The number of benzene rings is 1. The van der Waals surface area contributed by atoms with Crippen molar-refractivity contribution in [3.8, 4) is 6.07 Å². The highest BCUT2D eigenvalue weighted by molar-refractivity contribution is 7.98. The summed E-state index contributed by atoms with van der Waals surface area (Å²) in [4.78, 5) is 12.4. The summed E-state index contributed by atoms with van der Waals surface area (Å²) in [5.74, 6) is -0.0148. The highest BCUT2D eigenvalue weighted by atomic mass is 32.2. The van der Waals surface area contributed by atoms with Crippen molar-refractivity contribution in [2.75, 3.05) is 35.7 Å². The second-order valence-electron chi connectivity index (χ2n) is 7.31. The molecule has 3 rings (SSSR count). The van der Waals surface area contributed by atoms with Gasteiger partial charge in [-0.1, -0.05) is 13.8 Å². The van der Waals surface area contributed by atoms with E-state index in [4.69, 9.17) is 5.26 Å². The van der Waals surface area contributed by atoms with Gasteiger partial charge in [-0.05, 0) is 30.4 Å². The van der Waals surface area contributed by atoms with Crippen LogP contribution < -0.4 is 9.80 Å². The Hall–Kier alpha value is -2.54. The van der Waals surface area contributed by atoms with Crippen molar-refractivity contribution < 1.29 is 17.6 Å². The molecule has 1 atom stereocenters. The third-order valence-corrected chi connectivity index (χ3v) is 5.88. The molecule has 5 nitrogen and oxygen atoms in total. The lowest BCUT2D eigenvalue weighted by atomic mass is 9.99. The van der Waals surface area contributed by atoms with E-state index in [9.17, 15) is 17.6 Å². The number of rotatable bonds is 4. The van der Waals surface area contributed by atoms with E-state index < -0.39 is 17.4 Å². The SMILES string of the molecule is CSc1cc(N2CCN(c3ncc(C(F)(F)F)c(C#N)n3)C(C(C)C)C2)ccc1F. The van der Waals surface area contributed by atoms with Gasteiger partial charge in [0.05, 0.1) is 6.04 Å². The van der Waals surface area contributed by atoms with Crippen LogP contribution in [0.4, 0.5) is 29.2 Å². The Morgan fingerprint density at radius 2 is 2.00 bits per heavy atom. The molecular weight excluding hydrogens is 418 g/mol. The number of piperazine rings is 1. The van der Waals surface area contributed by atoms with Crippen LogP contribution in [-0.2, 0) is 6.18 Å². The summed E-state index contributed by atoms with van der Waals surface area (Å²) in [5.41, 5.74) is -0.929. The fraction of sp³-hybridized carbons (Fsp3) is 0.450. The minimum atomic E-state index is -4.68. The Balaban J connectivity index is 1.89. The average Bonchev–Trinajstić information content (AvgIpc) is 2.72. The quantitative estimate of drug-likeness (QED) is 0.514. The molecule has 0 N–H and O–H groups in total. The average molecular weight is 439 g/mol. The smallest absolute Gasteiger partial charge is 0.368 e. The summed E-state index contributed by atoms with van der Waals surface area (Å²) in [6, 6.07) is 6.41. The van der Waals surface area contributed by atoms with Crippen LogP contribution in [0.1, 0.15) is 25.1 Å². The van der Waals surface area contributed by atoms with Gasteiger partial charge in [-0.3, -0.25) is 0 Å². The maximum absolute atomic E-state index is 13.8. The van der Waals surface area contributed by atoms with E-state index in [1.807, 2.05) is 25.0 Å². The highest BCUT2D eigenvalue weighted by Gasteiger charge is 2.37. The second kappa shape index (κ2) is 8.68. The van der Waals surface area contributed by atoms with E-state index in [0.717, 1.165) is 5.69 Å². The van der Waals surface area contributed by atoms with E-state index in [1.54, 1.807) is 12.1 Å². The molecule has 1 saturated heterocycles. The molecule has 0 amide bonds. The highest BCUT2D eigenvalue weighted by Crippen LogP contribution is 2.33. The van der Waals surface area contributed by atoms with E-state index in [1.165, 1.54) is 23.9 Å². The number of halogens is 4. The van der Waals surface area contributed by atoms with Crippen molar-refractivity contribution >= 4 is 23.4 Å². The fourth-order valence-corrected chi connectivity index (χ4v) is 4.01. The number of thioether (sulfide) groups is 1. The molecule has 2 aromatic rings. The van der Waals surface area contributed by atoms with Crippen LogP contribution in [-0.4, -0.2) is 41.9 Å². The van der Waals surface area contributed by atoms with Crippen molar-refractivity contribution in [1.29, 1.82) is 5.26 Å². The van der Waals surface area contributed by atoms with E-state index in [2.05, 4.69) is 14.9 Å². The Bertz CT molecular complexity index is 957. The van der Waals surface area contributed by atoms with E-state index in [0.29, 0.717) is 30.7 Å². The number of hydrogen-bond donors (Lipinski definition) is 0. The van der Waals surface area contributed by atoms with E-state index >= 15 is 0 Å². The van der Waals surface area contributed by atoms with Crippen LogP contribution in [0.25, 0.3) is 0 Å². The lowest BCUT2D eigenvalue weighted by molar-refractivity contribution is -0.138. The largest absolute Gasteiger partial charge is 0.420 e. The molecule has 2 heterocycles. The summed E-state index contributed by atoms with van der Waals surface area (Å²) >= 11 is 1.33. The molecule has 10 heteroatoms. The Morgan fingerprint density at radius 3 is 2.60 bits per heavy atom. The fourth-order valence-electron chi connectivity index (χ4n) is 3.51. The third-order valence-electron chi connectivity index (χ3n) is 5.13. The predicted molar refractivity (Wildman–Crippen MR) is 108 cm³/mol. The molecule has 1 aliphatic rings. The van der Waals surface area contributed by atoms with Crippen LogP contribution in [0.5, 0.6) is 0 Å². The molecular formula is C20H21F4N5S. The Kier molecular flexibility index (Phi) is 6.41. The first kappa shape index (κ1) is 22.2. The summed E-state index contributed by atoms with van der Waals surface area (Å²) in [6.45, 7) is 5.62. The minimum Gasteiger partial charge on any atom is -0.368 e. The molecule has 0 bridgehead atoms. The number of nitriles is 1. The molecule has 0 spiro atoms. The third kappa shape index (κ3) is 4.46. The molecule has 1 aromatic heterocycles. The van der Waals surface area contributed by atoms with Crippen molar-refractivity contribution in [3.05, 3.63) is 41.5 Å². The summed E-state index contributed by atoms with van der Waals surface area (Å²) < 4.78 is 53.0. The maximum atomic E-state index is 13.8. The number of hydrogen-bond acceptors (Lipinski definition) is 6. The van der Waals surface area contributed by atoms with Gasteiger partial charge in [-0.15, -0.1) is 11.8 Å². The van der Waals surface area contributed by atoms with Crippen molar-refractivity contribution in [3.63, 3.8) is 0 Å². The van der Waals surface area contributed by atoms with Crippen LogP contribution in [0.3, 0.4) is 0 Å². The van der Waals surface area contributed by atoms with Gasteiger partial charge in [0, 0.05) is 36.4 Å². The Morgan fingerprint density at radius 1 is 1.27 bits per heavy atom. The van der Waals surface area contributed by atoms with Gasteiger partial charge in [0.25, 0.3) is 0 Å². The maximum Gasteiger partial charge on any atom is 0.420 e. The van der Waals surface area contributed by atoms with Gasteiger partial charge in [-0.25, -0.2) is 14.4 Å². The lowest BCUT2D eigenvalue weighted by Crippen LogP contribution is -2.56. The van der Waals surface area contributed by atoms with E-state index in [-0.39, 0.29) is 23.7 Å². The molecule has 160 valence electrons. The molecule has 0 radical (unpaired) electrons. The molecule has 1 aliphatic heterocycles. The van der Waals surface area contributed by atoms with Crippen molar-refractivity contribution in [2.24, 2.45) is 5.92 Å². The molecule has 0 aliphatic carbocycles. The Labute approximate surface area is 176 Å². The predicted octanol–water partition coefficient (Wildman–Crippen LogP) is 4.58. The normalized spacial score (nSPS) is 17.4. The van der Waals surface area contributed by atoms with Gasteiger partial charge in [0.15, 0.2) is 5.69 Å². The monoisotopic (exact) mass is 439 g/mol. The van der Waals surface area contributed by atoms with Crippen LogP contribution in [0.2, 0.25) is 0 Å². The molecule has 1 aromatic carbocycles. The number of alkyl halides is 3. The summed E-state index contributed by atoms with van der Waals surface area (Å²) in [5, 5.41) is 9.14. The minimum absolute atomic E-state index is 0.0928. The lowest BCUT2D eigenvalue weighted by Gasteiger charge is -2.44. The summed E-state index contributed by atoms with van der Waals surface area (Å²) in [6.07, 6.45) is -2.20. The van der Waals surface area contributed by atoms with Crippen LogP contribution in [0.15, 0.2) is 29.3 Å². The first-order chi connectivity index (χ1) is 14.2. The first-order valence-corrected chi connectivity index (χ1v) is 10.6. The van der Waals surface area contributed by atoms with Gasteiger partial charge in [0.1, 0.15) is 17.4 Å².